The highest BCUT2D eigenvalue weighted by Crippen LogP contribution is 2.25. The van der Waals surface area contributed by atoms with Crippen LogP contribution in [0.2, 0.25) is 0 Å². The monoisotopic (exact) mass is 445 g/mol. The first-order valence-corrected chi connectivity index (χ1v) is 10.8. The van der Waals surface area contributed by atoms with Crippen LogP contribution in [0.4, 0.5) is 0 Å². The van der Waals surface area contributed by atoms with Gasteiger partial charge in [0.15, 0.2) is 0 Å². The molecule has 9 heteroatoms. The van der Waals surface area contributed by atoms with Crippen LogP contribution in [0.25, 0.3) is 21.8 Å². The van der Waals surface area contributed by atoms with Gasteiger partial charge in [-0.05, 0) is 25.1 Å². The number of ether oxygens (including phenoxy) is 1. The number of amides is 1. The molecule has 1 N–H and O–H groups in total. The number of aromatic amines is 1. The van der Waals surface area contributed by atoms with Gasteiger partial charge in [0.2, 0.25) is 5.91 Å². The third-order valence-electron chi connectivity index (χ3n) is 6.02. The summed E-state index contributed by atoms with van der Waals surface area (Å²) >= 11 is 0. The van der Waals surface area contributed by atoms with E-state index < -0.39 is 11.2 Å². The quantitative estimate of drug-likeness (QED) is 0.483. The molecule has 2 aromatic carbocycles. The fourth-order valence-electron chi connectivity index (χ4n) is 4.25. The number of H-pyrrole nitrogens is 1. The van der Waals surface area contributed by atoms with Crippen molar-refractivity contribution in [2.75, 3.05) is 26.3 Å². The van der Waals surface area contributed by atoms with E-state index in [1.54, 1.807) is 29.2 Å². The number of nitrogens with zero attached hydrogens (tertiary/aromatic N) is 4. The van der Waals surface area contributed by atoms with E-state index in [2.05, 4.69) is 10.1 Å². The predicted molar refractivity (Wildman–Crippen MR) is 126 cm³/mol. The van der Waals surface area contributed by atoms with E-state index in [4.69, 9.17) is 4.74 Å². The van der Waals surface area contributed by atoms with E-state index in [-0.39, 0.29) is 12.5 Å². The molecule has 0 aliphatic carbocycles. The summed E-state index contributed by atoms with van der Waals surface area (Å²) < 4.78 is 8.12. The Morgan fingerprint density at radius 3 is 2.55 bits per heavy atom. The first kappa shape index (κ1) is 20.9. The molecule has 3 heterocycles. The van der Waals surface area contributed by atoms with Gasteiger partial charge in [-0.15, -0.1) is 4.68 Å². The third-order valence-corrected chi connectivity index (χ3v) is 6.02. The summed E-state index contributed by atoms with van der Waals surface area (Å²) in [7, 11) is 0. The number of hydrogen-bond acceptors (Lipinski definition) is 5. The molecule has 0 atom stereocenters. The highest BCUT2D eigenvalue weighted by Gasteiger charge is 2.20. The van der Waals surface area contributed by atoms with E-state index in [9.17, 15) is 14.4 Å². The summed E-state index contributed by atoms with van der Waals surface area (Å²) in [4.78, 5) is 42.7. The maximum Gasteiger partial charge on any atom is 0.349 e. The van der Waals surface area contributed by atoms with Crippen molar-refractivity contribution in [3.8, 4) is 0 Å². The zero-order chi connectivity index (χ0) is 22.9. The van der Waals surface area contributed by atoms with Gasteiger partial charge in [-0.3, -0.25) is 9.59 Å². The summed E-state index contributed by atoms with van der Waals surface area (Å²) in [5.74, 6) is 0.0211. The number of hydrogen-bond donors (Lipinski definition) is 1. The average Bonchev–Trinajstić information content (AvgIpc) is 3.10. The van der Waals surface area contributed by atoms with Crippen molar-refractivity contribution in [3.05, 3.63) is 80.6 Å². The summed E-state index contributed by atoms with van der Waals surface area (Å²) in [5, 5.41) is 5.50. The van der Waals surface area contributed by atoms with Crippen molar-refractivity contribution < 1.29 is 9.53 Å². The van der Waals surface area contributed by atoms with Crippen LogP contribution in [0.15, 0.2) is 63.2 Å². The lowest BCUT2D eigenvalue weighted by atomic mass is 10.1. The van der Waals surface area contributed by atoms with E-state index >= 15 is 0 Å². The fourth-order valence-corrected chi connectivity index (χ4v) is 4.25. The van der Waals surface area contributed by atoms with Crippen molar-refractivity contribution in [3.63, 3.8) is 0 Å². The largest absolute Gasteiger partial charge is 0.378 e. The third kappa shape index (κ3) is 3.76. The standard InChI is InChI=1S/C24H23N5O4/c1-16-19(14-25-29-23(31)18-7-2-4-8-20(18)26-24(29)32)17-6-3-5-9-21(17)28(16)15-22(30)27-10-12-33-13-11-27/h2-9,14H,10-13,15H2,1H3,(H,26,32). The Morgan fingerprint density at radius 2 is 1.76 bits per heavy atom. The molecule has 5 rings (SSSR count). The molecule has 0 unspecified atom stereocenters. The minimum Gasteiger partial charge on any atom is -0.378 e. The van der Waals surface area contributed by atoms with Crippen LogP contribution in [0.1, 0.15) is 11.3 Å². The smallest absolute Gasteiger partial charge is 0.349 e. The topological polar surface area (TPSA) is 102 Å². The maximum absolute atomic E-state index is 12.9. The Morgan fingerprint density at radius 1 is 1.06 bits per heavy atom. The SMILES string of the molecule is Cc1c(C=Nn2c(=O)[nH]c3ccccc3c2=O)c2ccccc2n1CC(=O)N1CCOCC1. The Bertz CT molecular complexity index is 1510. The van der Waals surface area contributed by atoms with Crippen molar-refractivity contribution in [1.29, 1.82) is 0 Å². The molecule has 4 aromatic rings. The van der Waals surface area contributed by atoms with Crippen LogP contribution < -0.4 is 11.2 Å². The average molecular weight is 445 g/mol. The fraction of sp³-hybridized carbons (Fsp3) is 0.250. The van der Waals surface area contributed by atoms with Crippen LogP contribution in [0.3, 0.4) is 0 Å². The summed E-state index contributed by atoms with van der Waals surface area (Å²) in [6.07, 6.45) is 1.51. The Labute approximate surface area is 188 Å². The highest BCUT2D eigenvalue weighted by atomic mass is 16.5. The second-order valence-electron chi connectivity index (χ2n) is 7.93. The Kier molecular flexibility index (Phi) is 5.39. The van der Waals surface area contributed by atoms with Gasteiger partial charge in [0.1, 0.15) is 6.54 Å². The second-order valence-corrected chi connectivity index (χ2v) is 7.93. The zero-order valence-corrected chi connectivity index (χ0v) is 18.2. The number of morpholine rings is 1. The van der Waals surface area contributed by atoms with Gasteiger partial charge in [0.05, 0.1) is 30.3 Å². The van der Waals surface area contributed by atoms with Gasteiger partial charge in [-0.1, -0.05) is 30.3 Å². The first-order valence-electron chi connectivity index (χ1n) is 10.8. The first-order chi connectivity index (χ1) is 16.0. The highest BCUT2D eigenvalue weighted by molar-refractivity contribution is 6.01. The van der Waals surface area contributed by atoms with E-state index in [0.29, 0.717) is 37.2 Å². The van der Waals surface area contributed by atoms with Gasteiger partial charge in [0.25, 0.3) is 5.56 Å². The van der Waals surface area contributed by atoms with Crippen molar-refractivity contribution in [2.24, 2.45) is 5.10 Å². The van der Waals surface area contributed by atoms with Crippen LogP contribution in [0, 0.1) is 6.92 Å². The van der Waals surface area contributed by atoms with Gasteiger partial charge in [-0.25, -0.2) is 4.79 Å². The lowest BCUT2D eigenvalue weighted by Crippen LogP contribution is -2.42. The minimum absolute atomic E-state index is 0.0211. The number of para-hydroxylation sites is 2. The Hall–Kier alpha value is -3.98. The summed E-state index contributed by atoms with van der Waals surface area (Å²) in [6, 6.07) is 14.5. The second kappa shape index (κ2) is 8.51. The molecule has 9 nitrogen and oxygen atoms in total. The van der Waals surface area contributed by atoms with Crippen LogP contribution in [-0.4, -0.2) is 57.6 Å². The van der Waals surface area contributed by atoms with E-state index in [0.717, 1.165) is 26.8 Å². The molecule has 1 fully saturated rings. The molecule has 0 saturated carbocycles. The molecule has 2 aromatic heterocycles. The zero-order valence-electron chi connectivity index (χ0n) is 18.2. The minimum atomic E-state index is -0.612. The molecule has 1 aliphatic rings. The van der Waals surface area contributed by atoms with Gasteiger partial charge < -0.3 is 19.2 Å². The predicted octanol–water partition coefficient (Wildman–Crippen LogP) is 1.69. The molecule has 0 spiro atoms. The number of carbonyl (C=O) groups excluding carboxylic acids is 1. The molecule has 0 radical (unpaired) electrons. The van der Waals surface area contributed by atoms with Crippen molar-refractivity contribution in [1.82, 2.24) is 19.1 Å². The van der Waals surface area contributed by atoms with Crippen LogP contribution in [-0.2, 0) is 16.1 Å². The molecule has 168 valence electrons. The van der Waals surface area contributed by atoms with Crippen molar-refractivity contribution in [2.45, 2.75) is 13.5 Å². The lowest BCUT2D eigenvalue weighted by Gasteiger charge is -2.27. The lowest BCUT2D eigenvalue weighted by molar-refractivity contribution is -0.135. The molecule has 33 heavy (non-hydrogen) atoms. The van der Waals surface area contributed by atoms with Gasteiger partial charge in [0, 0.05) is 35.2 Å². The van der Waals surface area contributed by atoms with E-state index in [1.807, 2.05) is 35.8 Å². The number of nitrogens with one attached hydrogen (secondary N) is 1. The summed E-state index contributed by atoms with van der Waals surface area (Å²) in [6.45, 7) is 4.35. The molecule has 1 saturated heterocycles. The number of rotatable bonds is 4. The number of carbonyl (C=O) groups is 1. The van der Waals surface area contributed by atoms with Crippen LogP contribution >= 0.6 is 0 Å². The maximum atomic E-state index is 12.9. The number of aromatic nitrogens is 3. The van der Waals surface area contributed by atoms with Gasteiger partial charge in [-0.2, -0.15) is 5.10 Å². The normalized spacial score (nSPS) is 14.5. The number of benzene rings is 2. The molecular formula is C24H23N5O4. The van der Waals surface area contributed by atoms with E-state index in [1.165, 1.54) is 6.21 Å². The molecule has 1 aliphatic heterocycles. The molecular weight excluding hydrogens is 422 g/mol. The van der Waals surface area contributed by atoms with Crippen molar-refractivity contribution >= 4 is 33.9 Å². The molecule has 0 bridgehead atoms. The molecule has 1 amide bonds. The van der Waals surface area contributed by atoms with Gasteiger partial charge >= 0.3 is 5.69 Å². The Balaban J connectivity index is 1.56. The summed E-state index contributed by atoms with van der Waals surface area (Å²) in [5.41, 5.74) is 1.83. The van der Waals surface area contributed by atoms with Crippen LogP contribution in [0.5, 0.6) is 0 Å². The number of fused-ring (bicyclic) bond motifs is 2.